The van der Waals surface area contributed by atoms with E-state index in [-0.39, 0.29) is 0 Å². The molecule has 0 aromatic carbocycles. The summed E-state index contributed by atoms with van der Waals surface area (Å²) in [4.78, 5) is 8.52. The smallest absolute Gasteiger partial charge is 0.144 e. The molecular formula is C10H17N3S. The first kappa shape index (κ1) is 11.3. The number of hydrogen-bond acceptors (Lipinski definition) is 4. The normalized spacial score (nSPS) is 12.5. The van der Waals surface area contributed by atoms with E-state index < -0.39 is 0 Å². The zero-order valence-corrected chi connectivity index (χ0v) is 9.77. The van der Waals surface area contributed by atoms with Crippen molar-refractivity contribution in [2.75, 3.05) is 12.4 Å². The Morgan fingerprint density at radius 2 is 2.21 bits per heavy atom. The standard InChI is InChI=1S/C10H17N3S/c1-4-8(2)14-7-9-5-13-10(11-3)6-12-9/h5-6,8H,4,7H2,1-3H3,(H,11,13). The second-order valence-electron chi connectivity index (χ2n) is 3.17. The fourth-order valence-electron chi connectivity index (χ4n) is 0.904. The van der Waals surface area contributed by atoms with Crippen LogP contribution in [0.1, 0.15) is 26.0 Å². The predicted molar refractivity (Wildman–Crippen MR) is 62.6 cm³/mol. The van der Waals surface area contributed by atoms with Gasteiger partial charge in [-0.3, -0.25) is 4.98 Å². The van der Waals surface area contributed by atoms with Crippen LogP contribution in [0.25, 0.3) is 0 Å². The first-order valence-electron chi connectivity index (χ1n) is 4.86. The summed E-state index contributed by atoms with van der Waals surface area (Å²) in [5.74, 6) is 1.77. The molecule has 0 saturated heterocycles. The highest BCUT2D eigenvalue weighted by Crippen LogP contribution is 2.18. The largest absolute Gasteiger partial charge is 0.372 e. The molecule has 0 aliphatic rings. The van der Waals surface area contributed by atoms with Crippen molar-refractivity contribution in [1.29, 1.82) is 0 Å². The van der Waals surface area contributed by atoms with Gasteiger partial charge < -0.3 is 5.32 Å². The molecule has 0 bridgehead atoms. The Morgan fingerprint density at radius 1 is 1.43 bits per heavy atom. The monoisotopic (exact) mass is 211 g/mol. The van der Waals surface area contributed by atoms with Crippen LogP contribution in [0.3, 0.4) is 0 Å². The summed E-state index contributed by atoms with van der Waals surface area (Å²) in [6, 6.07) is 0. The highest BCUT2D eigenvalue weighted by atomic mass is 32.2. The van der Waals surface area contributed by atoms with Gasteiger partial charge in [-0.05, 0) is 6.42 Å². The molecule has 1 unspecified atom stereocenters. The molecule has 0 saturated carbocycles. The summed E-state index contributed by atoms with van der Waals surface area (Å²) in [5.41, 5.74) is 1.05. The molecular weight excluding hydrogens is 194 g/mol. The van der Waals surface area contributed by atoms with Crippen LogP contribution in [0.4, 0.5) is 5.82 Å². The number of anilines is 1. The molecule has 3 nitrogen and oxygen atoms in total. The van der Waals surface area contributed by atoms with Gasteiger partial charge in [0.15, 0.2) is 0 Å². The van der Waals surface area contributed by atoms with E-state index in [0.717, 1.165) is 17.3 Å². The van der Waals surface area contributed by atoms with Crippen LogP contribution < -0.4 is 5.32 Å². The van der Waals surface area contributed by atoms with Crippen molar-refractivity contribution < 1.29 is 0 Å². The van der Waals surface area contributed by atoms with Gasteiger partial charge in [-0.1, -0.05) is 13.8 Å². The lowest BCUT2D eigenvalue weighted by atomic mass is 10.4. The molecule has 1 aromatic heterocycles. The number of rotatable bonds is 5. The molecule has 14 heavy (non-hydrogen) atoms. The quantitative estimate of drug-likeness (QED) is 0.812. The van der Waals surface area contributed by atoms with Crippen molar-refractivity contribution in [3.05, 3.63) is 18.1 Å². The van der Waals surface area contributed by atoms with Gasteiger partial charge in [0.2, 0.25) is 0 Å². The van der Waals surface area contributed by atoms with Crippen LogP contribution in [-0.2, 0) is 5.75 Å². The maximum atomic E-state index is 4.31. The summed E-state index contributed by atoms with van der Waals surface area (Å²) in [7, 11) is 1.84. The third-order valence-electron chi connectivity index (χ3n) is 2.05. The summed E-state index contributed by atoms with van der Waals surface area (Å²) in [6.07, 6.45) is 4.81. The lowest BCUT2D eigenvalue weighted by Gasteiger charge is -2.07. The van der Waals surface area contributed by atoms with E-state index in [9.17, 15) is 0 Å². The van der Waals surface area contributed by atoms with Gasteiger partial charge >= 0.3 is 0 Å². The van der Waals surface area contributed by atoms with E-state index >= 15 is 0 Å². The second kappa shape index (κ2) is 5.86. The molecule has 0 amide bonds. The summed E-state index contributed by atoms with van der Waals surface area (Å²) < 4.78 is 0. The average Bonchev–Trinajstić information content (AvgIpc) is 2.26. The van der Waals surface area contributed by atoms with Gasteiger partial charge in [-0.2, -0.15) is 11.8 Å². The van der Waals surface area contributed by atoms with E-state index in [1.54, 1.807) is 6.20 Å². The van der Waals surface area contributed by atoms with Gasteiger partial charge in [0.05, 0.1) is 18.1 Å². The minimum Gasteiger partial charge on any atom is -0.372 e. The van der Waals surface area contributed by atoms with Gasteiger partial charge in [0.25, 0.3) is 0 Å². The Morgan fingerprint density at radius 3 is 2.71 bits per heavy atom. The Bertz CT molecular complexity index is 261. The van der Waals surface area contributed by atoms with Crippen molar-refractivity contribution in [2.45, 2.75) is 31.3 Å². The van der Waals surface area contributed by atoms with Crippen LogP contribution in [0, 0.1) is 0 Å². The summed E-state index contributed by atoms with van der Waals surface area (Å²) >= 11 is 1.92. The average molecular weight is 211 g/mol. The van der Waals surface area contributed by atoms with E-state index in [0.29, 0.717) is 5.25 Å². The zero-order valence-electron chi connectivity index (χ0n) is 8.95. The molecule has 78 valence electrons. The highest BCUT2D eigenvalue weighted by Gasteiger charge is 2.01. The summed E-state index contributed by atoms with van der Waals surface area (Å²) in [6.45, 7) is 4.44. The lowest BCUT2D eigenvalue weighted by molar-refractivity contribution is 0.903. The molecule has 1 N–H and O–H groups in total. The number of hydrogen-bond donors (Lipinski definition) is 1. The maximum absolute atomic E-state index is 4.31. The Labute approximate surface area is 89.7 Å². The molecule has 0 fully saturated rings. The Hall–Kier alpha value is -0.770. The van der Waals surface area contributed by atoms with Gasteiger partial charge in [0, 0.05) is 18.1 Å². The van der Waals surface area contributed by atoms with Crippen molar-refractivity contribution in [1.82, 2.24) is 9.97 Å². The topological polar surface area (TPSA) is 37.8 Å². The first-order chi connectivity index (χ1) is 6.76. The van der Waals surface area contributed by atoms with E-state index in [1.807, 2.05) is 25.0 Å². The highest BCUT2D eigenvalue weighted by molar-refractivity contribution is 7.99. The molecule has 0 aliphatic carbocycles. The van der Waals surface area contributed by atoms with Crippen LogP contribution in [-0.4, -0.2) is 22.3 Å². The third-order valence-corrected chi connectivity index (χ3v) is 3.42. The van der Waals surface area contributed by atoms with Crippen LogP contribution in [0.2, 0.25) is 0 Å². The molecule has 1 heterocycles. The van der Waals surface area contributed by atoms with E-state index in [4.69, 9.17) is 0 Å². The zero-order chi connectivity index (χ0) is 10.4. The Balaban J connectivity index is 2.43. The minimum absolute atomic E-state index is 0.695. The minimum atomic E-state index is 0.695. The fourth-order valence-corrected chi connectivity index (χ4v) is 1.74. The SMILES string of the molecule is CCC(C)SCc1cnc(NC)cn1. The Kier molecular flexibility index (Phi) is 4.73. The molecule has 0 aliphatic heterocycles. The first-order valence-corrected chi connectivity index (χ1v) is 5.91. The molecule has 4 heteroatoms. The molecule has 0 spiro atoms. The molecule has 1 aromatic rings. The second-order valence-corrected chi connectivity index (χ2v) is 4.60. The van der Waals surface area contributed by atoms with Gasteiger partial charge in [-0.25, -0.2) is 4.98 Å². The van der Waals surface area contributed by atoms with E-state index in [1.165, 1.54) is 6.42 Å². The number of aromatic nitrogens is 2. The molecule has 0 radical (unpaired) electrons. The van der Waals surface area contributed by atoms with Gasteiger partial charge in [0.1, 0.15) is 5.82 Å². The number of nitrogens with zero attached hydrogens (tertiary/aromatic N) is 2. The molecule has 1 atom stereocenters. The third kappa shape index (κ3) is 3.54. The lowest BCUT2D eigenvalue weighted by Crippen LogP contribution is -1.98. The number of nitrogens with one attached hydrogen (secondary N) is 1. The van der Waals surface area contributed by atoms with Crippen LogP contribution >= 0.6 is 11.8 Å². The van der Waals surface area contributed by atoms with Crippen LogP contribution in [0.5, 0.6) is 0 Å². The van der Waals surface area contributed by atoms with Crippen molar-refractivity contribution in [3.8, 4) is 0 Å². The fraction of sp³-hybridized carbons (Fsp3) is 0.600. The number of thioether (sulfide) groups is 1. The van der Waals surface area contributed by atoms with Crippen LogP contribution in [0.15, 0.2) is 12.4 Å². The van der Waals surface area contributed by atoms with Gasteiger partial charge in [-0.15, -0.1) is 0 Å². The van der Waals surface area contributed by atoms with Crippen molar-refractivity contribution in [3.63, 3.8) is 0 Å². The van der Waals surface area contributed by atoms with Crippen molar-refractivity contribution in [2.24, 2.45) is 0 Å². The predicted octanol–water partition coefficient (Wildman–Crippen LogP) is 2.55. The van der Waals surface area contributed by atoms with Crippen molar-refractivity contribution >= 4 is 17.6 Å². The summed E-state index contributed by atoms with van der Waals surface area (Å²) in [5, 5.41) is 3.64. The van der Waals surface area contributed by atoms with E-state index in [2.05, 4.69) is 29.1 Å². The molecule has 1 rings (SSSR count). The maximum Gasteiger partial charge on any atom is 0.144 e.